The van der Waals surface area contributed by atoms with E-state index in [9.17, 15) is 10.1 Å². The number of hydrogen-bond donors (Lipinski definition) is 1. The van der Waals surface area contributed by atoms with Gasteiger partial charge in [0.15, 0.2) is 0 Å². The molecule has 0 aliphatic heterocycles. The lowest BCUT2D eigenvalue weighted by molar-refractivity contribution is -0.403. The number of nitro groups is 1. The number of nitrogens with one attached hydrogen (secondary N) is 1. The molecule has 0 saturated carbocycles. The predicted molar refractivity (Wildman–Crippen MR) is 94.2 cm³/mol. The van der Waals surface area contributed by atoms with Crippen molar-refractivity contribution >= 4 is 17.3 Å². The lowest BCUT2D eigenvalue weighted by atomic mass is 9.99. The summed E-state index contributed by atoms with van der Waals surface area (Å²) >= 11 is 5.76. The fourth-order valence-electron chi connectivity index (χ4n) is 1.88. The lowest BCUT2D eigenvalue weighted by Gasteiger charge is -2.16. The van der Waals surface area contributed by atoms with Gasteiger partial charge in [-0.15, -0.1) is 0 Å². The molecular formula is C17H20ClN3O2. The van der Waals surface area contributed by atoms with Crippen LogP contribution < -0.4 is 5.32 Å². The molecule has 1 heterocycles. The fourth-order valence-corrected chi connectivity index (χ4v) is 1.99. The summed E-state index contributed by atoms with van der Waals surface area (Å²) in [6.45, 7) is 5.87. The van der Waals surface area contributed by atoms with Gasteiger partial charge in [-0.25, -0.2) is 4.98 Å². The molecule has 1 N–H and O–H groups in total. The van der Waals surface area contributed by atoms with E-state index in [1.807, 2.05) is 51.1 Å². The molecule has 122 valence electrons. The highest BCUT2D eigenvalue weighted by atomic mass is 35.5. The number of benzene rings is 1. The largest absolute Gasteiger partial charge is 0.353 e. The molecule has 0 radical (unpaired) electrons. The van der Waals surface area contributed by atoms with Gasteiger partial charge in [0.1, 0.15) is 5.15 Å². The smallest absolute Gasteiger partial charge is 0.254 e. The van der Waals surface area contributed by atoms with Crippen LogP contribution in [-0.2, 0) is 0 Å². The normalized spacial score (nSPS) is 11.9. The first-order valence-electron chi connectivity index (χ1n) is 7.35. The van der Waals surface area contributed by atoms with Crippen molar-refractivity contribution in [2.75, 3.05) is 5.32 Å². The van der Waals surface area contributed by atoms with Crippen molar-refractivity contribution < 1.29 is 4.92 Å². The van der Waals surface area contributed by atoms with E-state index in [1.165, 1.54) is 0 Å². The lowest BCUT2D eigenvalue weighted by Crippen LogP contribution is -2.10. The summed E-state index contributed by atoms with van der Waals surface area (Å²) in [5.74, 6) is -0.208. The van der Waals surface area contributed by atoms with Gasteiger partial charge in [-0.2, -0.15) is 0 Å². The Labute approximate surface area is 141 Å². The Hall–Kier alpha value is -2.40. The van der Waals surface area contributed by atoms with E-state index in [1.54, 1.807) is 18.3 Å². The summed E-state index contributed by atoms with van der Waals surface area (Å²) in [6.07, 6.45) is 2.60. The van der Waals surface area contributed by atoms with Gasteiger partial charge in [-0.1, -0.05) is 56.6 Å². The van der Waals surface area contributed by atoms with Gasteiger partial charge in [0.05, 0.1) is 10.6 Å². The number of aromatic nitrogens is 1. The summed E-state index contributed by atoms with van der Waals surface area (Å²) in [6, 6.07) is 12.8. The maximum Gasteiger partial charge on any atom is 0.254 e. The first-order chi connectivity index (χ1) is 11.1. The molecule has 1 aromatic carbocycles. The summed E-state index contributed by atoms with van der Waals surface area (Å²) in [7, 11) is 0. The zero-order valence-electron chi connectivity index (χ0n) is 13.4. The van der Waals surface area contributed by atoms with Gasteiger partial charge in [-0.3, -0.25) is 10.1 Å². The van der Waals surface area contributed by atoms with Gasteiger partial charge < -0.3 is 5.32 Å². The van der Waals surface area contributed by atoms with E-state index < -0.39 is 4.92 Å². The Bertz CT molecular complexity index is 643. The van der Waals surface area contributed by atoms with E-state index in [2.05, 4.69) is 10.3 Å². The van der Waals surface area contributed by atoms with Crippen LogP contribution in [0.5, 0.6) is 0 Å². The summed E-state index contributed by atoms with van der Waals surface area (Å²) < 4.78 is 0. The molecule has 1 aromatic heterocycles. The van der Waals surface area contributed by atoms with Gasteiger partial charge in [0.2, 0.25) is 0 Å². The van der Waals surface area contributed by atoms with Crippen molar-refractivity contribution in [2.24, 2.45) is 0 Å². The van der Waals surface area contributed by atoms with Crippen molar-refractivity contribution in [1.29, 1.82) is 0 Å². The number of halogens is 1. The Morgan fingerprint density at radius 1 is 1.26 bits per heavy atom. The van der Waals surface area contributed by atoms with E-state index in [-0.39, 0.29) is 5.92 Å². The third-order valence-corrected chi connectivity index (χ3v) is 3.25. The Morgan fingerprint density at radius 3 is 2.43 bits per heavy atom. The highest BCUT2D eigenvalue weighted by Crippen LogP contribution is 2.25. The van der Waals surface area contributed by atoms with Gasteiger partial charge in [0.25, 0.3) is 6.20 Å². The molecular weight excluding hydrogens is 314 g/mol. The zero-order valence-corrected chi connectivity index (χ0v) is 14.1. The zero-order chi connectivity index (χ0) is 17.2. The predicted octanol–water partition coefficient (Wildman–Crippen LogP) is 5.09. The highest BCUT2D eigenvalue weighted by molar-refractivity contribution is 6.29. The van der Waals surface area contributed by atoms with E-state index in [0.29, 0.717) is 10.9 Å². The number of para-hydroxylation sites is 1. The van der Waals surface area contributed by atoms with Crippen LogP contribution in [0.15, 0.2) is 60.6 Å². The van der Waals surface area contributed by atoms with E-state index in [0.717, 1.165) is 17.5 Å². The Morgan fingerprint density at radius 2 is 1.91 bits per heavy atom. The molecule has 0 spiro atoms. The third-order valence-electron chi connectivity index (χ3n) is 3.02. The molecule has 0 bridgehead atoms. The Balaban J connectivity index is 0.00000127. The van der Waals surface area contributed by atoms with Crippen LogP contribution in [0.25, 0.3) is 0 Å². The summed E-state index contributed by atoms with van der Waals surface area (Å²) in [5.41, 5.74) is 2.12. The van der Waals surface area contributed by atoms with Crippen LogP contribution >= 0.6 is 11.6 Å². The number of hydrogen-bond acceptors (Lipinski definition) is 4. The molecule has 2 aromatic rings. The molecule has 2 rings (SSSR count). The van der Waals surface area contributed by atoms with Gasteiger partial charge in [-0.05, 0) is 23.8 Å². The third kappa shape index (κ3) is 6.08. The van der Waals surface area contributed by atoms with Crippen molar-refractivity contribution in [1.82, 2.24) is 4.98 Å². The first-order valence-corrected chi connectivity index (χ1v) is 7.73. The average Bonchev–Trinajstić information content (AvgIpc) is 2.57. The second-order valence-corrected chi connectivity index (χ2v) is 4.88. The molecule has 5 nitrogen and oxygen atoms in total. The van der Waals surface area contributed by atoms with Crippen LogP contribution in [0.2, 0.25) is 5.15 Å². The van der Waals surface area contributed by atoms with Gasteiger partial charge >= 0.3 is 0 Å². The molecule has 0 fully saturated rings. The van der Waals surface area contributed by atoms with E-state index in [4.69, 9.17) is 11.6 Å². The monoisotopic (exact) mass is 333 g/mol. The van der Waals surface area contributed by atoms with Gasteiger partial charge in [0, 0.05) is 17.8 Å². The molecule has 23 heavy (non-hydrogen) atoms. The maximum absolute atomic E-state index is 10.8. The molecule has 0 aliphatic carbocycles. The van der Waals surface area contributed by atoms with Crippen molar-refractivity contribution in [2.45, 2.75) is 26.7 Å². The fraction of sp³-hybridized carbons (Fsp3) is 0.235. The first kappa shape index (κ1) is 18.6. The number of nitrogens with zero attached hydrogens (tertiary/aromatic N) is 2. The molecule has 1 atom stereocenters. The van der Waals surface area contributed by atoms with Crippen LogP contribution in [0.3, 0.4) is 0 Å². The second kappa shape index (κ2) is 9.58. The molecule has 0 saturated heterocycles. The van der Waals surface area contributed by atoms with Crippen molar-refractivity contribution in [3.05, 3.63) is 81.4 Å². The highest BCUT2D eigenvalue weighted by Gasteiger charge is 2.16. The number of rotatable bonds is 5. The maximum atomic E-state index is 10.8. The molecule has 0 amide bonds. The number of pyridine rings is 1. The minimum atomic E-state index is -0.467. The minimum absolute atomic E-state index is 0.208. The van der Waals surface area contributed by atoms with E-state index >= 15 is 0 Å². The molecule has 6 heteroatoms. The quantitative estimate of drug-likeness (QED) is 0.470. The standard InChI is InChI=1S/C15H14ClN3O2.C2H6/c1-11(12-7-8-15(16)17-9-12)14(10-19(20)21)18-13-5-3-2-4-6-13;1-2/h2-11,18H,1H3;1-2H3/b14-10-;. The average molecular weight is 334 g/mol. The minimum Gasteiger partial charge on any atom is -0.353 e. The van der Waals surface area contributed by atoms with Crippen LogP contribution in [0.1, 0.15) is 32.3 Å². The second-order valence-electron chi connectivity index (χ2n) is 4.50. The van der Waals surface area contributed by atoms with Crippen molar-refractivity contribution in [3.63, 3.8) is 0 Å². The summed E-state index contributed by atoms with van der Waals surface area (Å²) in [5, 5.41) is 14.3. The summed E-state index contributed by atoms with van der Waals surface area (Å²) in [4.78, 5) is 14.4. The van der Waals surface area contributed by atoms with Crippen LogP contribution in [0, 0.1) is 10.1 Å². The topological polar surface area (TPSA) is 68.1 Å². The van der Waals surface area contributed by atoms with Crippen molar-refractivity contribution in [3.8, 4) is 0 Å². The number of anilines is 1. The van der Waals surface area contributed by atoms with Crippen LogP contribution in [0.4, 0.5) is 5.69 Å². The molecule has 0 aliphatic rings. The number of allylic oxidation sites excluding steroid dienone is 1. The molecule has 1 unspecified atom stereocenters. The Kier molecular flexibility index (Phi) is 7.77. The van der Waals surface area contributed by atoms with Crippen LogP contribution in [-0.4, -0.2) is 9.91 Å². The SMILES string of the molecule is CC.CC(/C(=C/[N+](=O)[O-])Nc1ccccc1)c1ccc(Cl)nc1.